The highest BCUT2D eigenvalue weighted by atomic mass is 35.5. The van der Waals surface area contributed by atoms with Crippen molar-refractivity contribution >= 4 is 29.5 Å². The molecule has 1 aliphatic carbocycles. The Labute approximate surface area is 196 Å². The molecule has 33 heavy (non-hydrogen) atoms. The molecule has 192 valence electrons. The molecule has 7 atom stereocenters. The molecule has 0 spiro atoms. The number of esters is 3. The SMILES string of the molecule is CCC(O)COOCC1CCC(C(=O)OCC(O)COC(=O)C(O)C(O)C(=O)OC)C(Cl)C1. The second-order valence-electron chi connectivity index (χ2n) is 7.76. The van der Waals surface area contributed by atoms with Gasteiger partial charge in [-0.15, -0.1) is 11.6 Å². The van der Waals surface area contributed by atoms with Gasteiger partial charge in [-0.3, -0.25) is 4.79 Å². The summed E-state index contributed by atoms with van der Waals surface area (Å²) in [5.41, 5.74) is 0. The maximum atomic E-state index is 12.3. The molecule has 0 radical (unpaired) electrons. The van der Waals surface area contributed by atoms with E-state index in [2.05, 4.69) is 9.47 Å². The summed E-state index contributed by atoms with van der Waals surface area (Å²) in [7, 11) is 0.961. The highest BCUT2D eigenvalue weighted by molar-refractivity contribution is 6.22. The monoisotopic (exact) mass is 500 g/mol. The first-order valence-electron chi connectivity index (χ1n) is 10.6. The van der Waals surface area contributed by atoms with Crippen molar-refractivity contribution in [2.24, 2.45) is 11.8 Å². The van der Waals surface area contributed by atoms with Crippen LogP contribution >= 0.6 is 11.6 Å². The minimum atomic E-state index is -2.19. The molecule has 12 nitrogen and oxygen atoms in total. The number of methoxy groups -OCH3 is 1. The van der Waals surface area contributed by atoms with E-state index in [9.17, 15) is 34.8 Å². The number of carbonyl (C=O) groups is 3. The van der Waals surface area contributed by atoms with Crippen molar-refractivity contribution in [1.82, 2.24) is 0 Å². The fraction of sp³-hybridized carbons (Fsp3) is 0.850. The number of carbonyl (C=O) groups excluding carboxylic acids is 3. The van der Waals surface area contributed by atoms with Crippen molar-refractivity contribution in [2.45, 2.75) is 62.4 Å². The van der Waals surface area contributed by atoms with Crippen LogP contribution in [-0.2, 0) is 38.4 Å². The molecule has 0 heterocycles. The molecular weight excluding hydrogens is 468 g/mol. The van der Waals surface area contributed by atoms with E-state index in [1.165, 1.54) is 0 Å². The number of aliphatic hydroxyl groups excluding tert-OH is 4. The molecule has 0 aromatic rings. The number of hydrogen-bond donors (Lipinski definition) is 4. The van der Waals surface area contributed by atoms with Crippen molar-refractivity contribution < 1.29 is 58.8 Å². The maximum absolute atomic E-state index is 12.3. The van der Waals surface area contributed by atoms with Gasteiger partial charge in [-0.2, -0.15) is 0 Å². The Kier molecular flexibility index (Phi) is 13.7. The molecule has 0 bridgehead atoms. The van der Waals surface area contributed by atoms with Crippen molar-refractivity contribution in [3.63, 3.8) is 0 Å². The van der Waals surface area contributed by atoms with E-state index >= 15 is 0 Å². The van der Waals surface area contributed by atoms with Gasteiger partial charge >= 0.3 is 17.9 Å². The molecule has 0 aliphatic heterocycles. The summed E-state index contributed by atoms with van der Waals surface area (Å²) in [4.78, 5) is 45.0. The van der Waals surface area contributed by atoms with E-state index in [-0.39, 0.29) is 19.1 Å². The lowest BCUT2D eigenvalue weighted by atomic mass is 9.82. The minimum absolute atomic E-state index is 0.0743. The smallest absolute Gasteiger partial charge is 0.338 e. The predicted octanol–water partition coefficient (Wildman–Crippen LogP) is -0.929. The number of alkyl halides is 1. The van der Waals surface area contributed by atoms with Gasteiger partial charge < -0.3 is 34.6 Å². The Morgan fingerprint density at radius 2 is 1.55 bits per heavy atom. The van der Waals surface area contributed by atoms with Crippen LogP contribution in [0.4, 0.5) is 0 Å². The zero-order valence-corrected chi connectivity index (χ0v) is 19.4. The van der Waals surface area contributed by atoms with Crippen LogP contribution in [0, 0.1) is 11.8 Å². The average molecular weight is 501 g/mol. The molecule has 4 N–H and O–H groups in total. The van der Waals surface area contributed by atoms with Crippen molar-refractivity contribution in [3.05, 3.63) is 0 Å². The average Bonchev–Trinajstić information content (AvgIpc) is 2.81. The fourth-order valence-electron chi connectivity index (χ4n) is 2.98. The van der Waals surface area contributed by atoms with E-state index < -0.39 is 66.8 Å². The van der Waals surface area contributed by atoms with Gasteiger partial charge in [0.1, 0.15) is 25.9 Å². The van der Waals surface area contributed by atoms with Gasteiger partial charge in [0, 0.05) is 5.38 Å². The maximum Gasteiger partial charge on any atom is 0.338 e. The van der Waals surface area contributed by atoms with E-state index in [1.807, 2.05) is 6.92 Å². The molecule has 0 amide bonds. The number of ether oxygens (including phenoxy) is 3. The van der Waals surface area contributed by atoms with Gasteiger partial charge in [0.05, 0.1) is 25.7 Å². The number of hydrogen-bond acceptors (Lipinski definition) is 12. The van der Waals surface area contributed by atoms with Gasteiger partial charge in [-0.25, -0.2) is 19.4 Å². The van der Waals surface area contributed by atoms with Crippen LogP contribution in [0.3, 0.4) is 0 Å². The third kappa shape index (κ3) is 10.5. The molecule has 1 rings (SSSR count). The van der Waals surface area contributed by atoms with Crippen LogP contribution in [0.25, 0.3) is 0 Å². The van der Waals surface area contributed by atoms with Gasteiger partial charge in [-0.1, -0.05) is 6.92 Å². The van der Waals surface area contributed by atoms with Crippen LogP contribution in [0.15, 0.2) is 0 Å². The third-order valence-electron chi connectivity index (χ3n) is 5.12. The first-order valence-corrected chi connectivity index (χ1v) is 11.1. The van der Waals surface area contributed by atoms with Gasteiger partial charge in [-0.05, 0) is 31.6 Å². The molecule has 13 heteroatoms. The Bertz CT molecular complexity index is 618. The van der Waals surface area contributed by atoms with Crippen molar-refractivity contribution in [2.75, 3.05) is 33.5 Å². The third-order valence-corrected chi connectivity index (χ3v) is 5.60. The zero-order chi connectivity index (χ0) is 25.0. The quantitative estimate of drug-likeness (QED) is 0.0575. The Hall–Kier alpha value is -1.54. The summed E-state index contributed by atoms with van der Waals surface area (Å²) >= 11 is 6.32. The van der Waals surface area contributed by atoms with Crippen LogP contribution in [-0.4, -0.2) is 102 Å². The lowest BCUT2D eigenvalue weighted by Crippen LogP contribution is -2.42. The number of rotatable bonds is 14. The van der Waals surface area contributed by atoms with Gasteiger partial charge in [0.25, 0.3) is 0 Å². The first-order chi connectivity index (χ1) is 15.6. The van der Waals surface area contributed by atoms with Gasteiger partial charge in [0.2, 0.25) is 0 Å². The molecule has 1 fully saturated rings. The molecule has 0 saturated heterocycles. The van der Waals surface area contributed by atoms with Gasteiger partial charge in [0.15, 0.2) is 12.2 Å². The fourth-order valence-corrected chi connectivity index (χ4v) is 3.46. The zero-order valence-electron chi connectivity index (χ0n) is 18.6. The highest BCUT2D eigenvalue weighted by Gasteiger charge is 2.36. The molecular formula is C20H33ClO12. The Balaban J connectivity index is 2.29. The van der Waals surface area contributed by atoms with Crippen molar-refractivity contribution in [3.8, 4) is 0 Å². The molecule has 7 unspecified atom stereocenters. The topological polar surface area (TPSA) is 178 Å². The predicted molar refractivity (Wildman–Crippen MR) is 111 cm³/mol. The minimum Gasteiger partial charge on any atom is -0.467 e. The second kappa shape index (κ2) is 15.4. The summed E-state index contributed by atoms with van der Waals surface area (Å²) in [5.74, 6) is -3.70. The Morgan fingerprint density at radius 1 is 0.909 bits per heavy atom. The van der Waals surface area contributed by atoms with E-state index in [1.54, 1.807) is 0 Å². The molecule has 1 aliphatic rings. The molecule has 0 aromatic heterocycles. The van der Waals surface area contributed by atoms with Crippen LogP contribution in [0.2, 0.25) is 0 Å². The van der Waals surface area contributed by atoms with Crippen molar-refractivity contribution in [1.29, 1.82) is 0 Å². The number of halogens is 1. The lowest BCUT2D eigenvalue weighted by Gasteiger charge is -2.31. The second-order valence-corrected chi connectivity index (χ2v) is 8.32. The summed E-state index contributed by atoms with van der Waals surface area (Å²) in [6.07, 6.45) is -4.18. The lowest BCUT2D eigenvalue weighted by molar-refractivity contribution is -0.312. The van der Waals surface area contributed by atoms with Crippen LogP contribution < -0.4 is 0 Å². The summed E-state index contributed by atoms with van der Waals surface area (Å²) in [5, 5.41) is 37.6. The molecule has 1 saturated carbocycles. The van der Waals surface area contributed by atoms with Crippen LogP contribution in [0.5, 0.6) is 0 Å². The normalized spacial score (nSPS) is 24.3. The number of aliphatic hydroxyl groups is 4. The summed E-state index contributed by atoms with van der Waals surface area (Å²) in [6, 6.07) is 0. The van der Waals surface area contributed by atoms with E-state index in [4.69, 9.17) is 26.1 Å². The highest BCUT2D eigenvalue weighted by Crippen LogP contribution is 2.33. The largest absolute Gasteiger partial charge is 0.467 e. The standard InChI is InChI=1S/C20H33ClO12/c1-3-12(22)10-33-32-7-11-4-5-14(15(21)6-11)18(26)30-8-13(23)9-31-20(28)17(25)16(24)19(27)29-2/h11-17,22-25H,3-10H2,1-2H3. The van der Waals surface area contributed by atoms with E-state index in [0.717, 1.165) is 7.11 Å². The first kappa shape index (κ1) is 29.5. The summed E-state index contributed by atoms with van der Waals surface area (Å²) in [6.45, 7) is 1.05. The summed E-state index contributed by atoms with van der Waals surface area (Å²) < 4.78 is 13.8. The Morgan fingerprint density at radius 3 is 2.15 bits per heavy atom. The van der Waals surface area contributed by atoms with E-state index in [0.29, 0.717) is 25.7 Å². The molecule has 0 aromatic carbocycles. The van der Waals surface area contributed by atoms with Crippen LogP contribution in [0.1, 0.15) is 32.6 Å².